The van der Waals surface area contributed by atoms with E-state index in [0.29, 0.717) is 22.9 Å². The standard InChI is InChI=1S/C23H24N2O4S/c1-16-5-11-21(17(2)13-16)25-30(26,27)20-9-7-19(8-10-20)24-15-18-6-12-22(28-3)23(14-18)29-4/h5-15,25H,1-4H3. The Morgan fingerprint density at radius 3 is 2.20 bits per heavy atom. The van der Waals surface area contributed by atoms with Gasteiger partial charge in [0.2, 0.25) is 0 Å². The van der Waals surface area contributed by atoms with Crippen LogP contribution in [-0.2, 0) is 10.0 Å². The van der Waals surface area contributed by atoms with Gasteiger partial charge >= 0.3 is 0 Å². The average molecular weight is 425 g/mol. The van der Waals surface area contributed by atoms with Gasteiger partial charge in [-0.2, -0.15) is 0 Å². The number of benzene rings is 3. The van der Waals surface area contributed by atoms with Crippen LogP contribution in [0.15, 0.2) is 70.6 Å². The molecule has 3 aromatic carbocycles. The van der Waals surface area contributed by atoms with Crippen LogP contribution in [-0.4, -0.2) is 28.9 Å². The minimum absolute atomic E-state index is 0.174. The molecule has 3 aromatic rings. The summed E-state index contributed by atoms with van der Waals surface area (Å²) in [5.74, 6) is 1.25. The lowest BCUT2D eigenvalue weighted by Gasteiger charge is -2.11. The number of methoxy groups -OCH3 is 2. The van der Waals surface area contributed by atoms with Gasteiger partial charge in [-0.1, -0.05) is 17.7 Å². The zero-order chi connectivity index (χ0) is 21.7. The van der Waals surface area contributed by atoms with Gasteiger partial charge < -0.3 is 9.47 Å². The average Bonchev–Trinajstić information content (AvgIpc) is 2.74. The molecular formula is C23H24N2O4S. The highest BCUT2D eigenvalue weighted by Gasteiger charge is 2.15. The number of anilines is 1. The summed E-state index contributed by atoms with van der Waals surface area (Å²) in [7, 11) is -0.528. The molecule has 6 nitrogen and oxygen atoms in total. The first-order valence-electron chi connectivity index (χ1n) is 9.28. The Labute approximate surface area is 177 Å². The number of hydrogen-bond acceptors (Lipinski definition) is 5. The Morgan fingerprint density at radius 1 is 0.867 bits per heavy atom. The van der Waals surface area contributed by atoms with Crippen LogP contribution >= 0.6 is 0 Å². The lowest BCUT2D eigenvalue weighted by molar-refractivity contribution is 0.355. The third kappa shape index (κ3) is 4.99. The summed E-state index contributed by atoms with van der Waals surface area (Å²) in [6.07, 6.45) is 1.68. The van der Waals surface area contributed by atoms with Gasteiger partial charge in [-0.15, -0.1) is 0 Å². The maximum Gasteiger partial charge on any atom is 0.261 e. The molecule has 0 aliphatic carbocycles. The second-order valence-corrected chi connectivity index (χ2v) is 8.47. The van der Waals surface area contributed by atoms with Crippen molar-refractivity contribution in [3.8, 4) is 11.5 Å². The molecular weight excluding hydrogens is 400 g/mol. The van der Waals surface area contributed by atoms with Gasteiger partial charge in [-0.3, -0.25) is 9.71 Å². The van der Waals surface area contributed by atoms with Gasteiger partial charge in [0.15, 0.2) is 11.5 Å². The lowest BCUT2D eigenvalue weighted by atomic mass is 10.1. The van der Waals surface area contributed by atoms with Gasteiger partial charge in [0.1, 0.15) is 0 Å². The summed E-state index contributed by atoms with van der Waals surface area (Å²) in [4.78, 5) is 4.58. The molecule has 0 amide bonds. The normalized spacial score (nSPS) is 11.5. The van der Waals surface area contributed by atoms with E-state index in [4.69, 9.17) is 9.47 Å². The van der Waals surface area contributed by atoms with Crippen molar-refractivity contribution in [2.45, 2.75) is 18.7 Å². The highest BCUT2D eigenvalue weighted by molar-refractivity contribution is 7.92. The predicted octanol–water partition coefficient (Wildman–Crippen LogP) is 4.87. The first kappa shape index (κ1) is 21.4. The van der Waals surface area contributed by atoms with Crippen molar-refractivity contribution in [1.82, 2.24) is 0 Å². The molecule has 0 radical (unpaired) electrons. The van der Waals surface area contributed by atoms with Gasteiger partial charge in [0.25, 0.3) is 10.0 Å². The first-order chi connectivity index (χ1) is 14.3. The number of aliphatic imine (C=N–C) groups is 1. The molecule has 1 N–H and O–H groups in total. The van der Waals surface area contributed by atoms with Crippen molar-refractivity contribution >= 4 is 27.6 Å². The van der Waals surface area contributed by atoms with E-state index < -0.39 is 10.0 Å². The lowest BCUT2D eigenvalue weighted by Crippen LogP contribution is -2.13. The molecule has 0 bridgehead atoms. The van der Waals surface area contributed by atoms with Crippen LogP contribution in [0.3, 0.4) is 0 Å². The molecule has 0 atom stereocenters. The number of rotatable bonds is 7. The summed E-state index contributed by atoms with van der Waals surface area (Å²) in [6, 6.07) is 17.4. The molecule has 0 unspecified atom stereocenters. The van der Waals surface area contributed by atoms with Crippen LogP contribution in [0.4, 0.5) is 11.4 Å². The van der Waals surface area contributed by atoms with Crippen molar-refractivity contribution in [2.75, 3.05) is 18.9 Å². The molecule has 0 fully saturated rings. The van der Waals surface area contributed by atoms with Gasteiger partial charge in [0, 0.05) is 6.21 Å². The summed E-state index contributed by atoms with van der Waals surface area (Å²) < 4.78 is 38.5. The van der Waals surface area contributed by atoms with Crippen LogP contribution in [0.5, 0.6) is 11.5 Å². The largest absolute Gasteiger partial charge is 0.493 e. The second-order valence-electron chi connectivity index (χ2n) is 6.79. The quantitative estimate of drug-likeness (QED) is 0.549. The Hall–Kier alpha value is -3.32. The smallest absolute Gasteiger partial charge is 0.261 e. The number of nitrogens with one attached hydrogen (secondary N) is 1. The Kier molecular flexibility index (Phi) is 6.42. The Bertz CT molecular complexity index is 1170. The van der Waals surface area contributed by atoms with E-state index in [1.807, 2.05) is 38.1 Å². The van der Waals surface area contributed by atoms with E-state index in [-0.39, 0.29) is 4.90 Å². The molecule has 7 heteroatoms. The number of aryl methyl sites for hydroxylation is 2. The summed E-state index contributed by atoms with van der Waals surface area (Å²) in [5, 5.41) is 0. The van der Waals surface area contributed by atoms with Crippen LogP contribution < -0.4 is 14.2 Å². The van der Waals surface area contributed by atoms with E-state index in [1.165, 1.54) is 12.1 Å². The minimum atomic E-state index is -3.68. The third-order valence-corrected chi connectivity index (χ3v) is 5.92. The molecule has 0 aliphatic rings. The van der Waals surface area contributed by atoms with Crippen molar-refractivity contribution < 1.29 is 17.9 Å². The molecule has 156 valence electrons. The minimum Gasteiger partial charge on any atom is -0.493 e. The topological polar surface area (TPSA) is 77.0 Å². The van der Waals surface area contributed by atoms with Crippen LogP contribution in [0.1, 0.15) is 16.7 Å². The number of nitrogens with zero attached hydrogens (tertiary/aromatic N) is 1. The molecule has 0 saturated carbocycles. The second kappa shape index (κ2) is 9.00. The van der Waals surface area contributed by atoms with Gasteiger partial charge in [0.05, 0.1) is 30.5 Å². The van der Waals surface area contributed by atoms with Crippen LogP contribution in [0.25, 0.3) is 0 Å². The highest BCUT2D eigenvalue weighted by Crippen LogP contribution is 2.27. The summed E-state index contributed by atoms with van der Waals surface area (Å²) in [6.45, 7) is 3.84. The monoisotopic (exact) mass is 424 g/mol. The fourth-order valence-corrected chi connectivity index (χ4v) is 4.06. The maximum absolute atomic E-state index is 12.7. The molecule has 3 rings (SSSR count). The van der Waals surface area contributed by atoms with Crippen molar-refractivity contribution in [1.29, 1.82) is 0 Å². The van der Waals surface area contributed by atoms with Crippen molar-refractivity contribution in [2.24, 2.45) is 4.99 Å². The molecule has 0 spiro atoms. The molecule has 0 heterocycles. The van der Waals surface area contributed by atoms with Gasteiger partial charge in [-0.05, 0) is 73.5 Å². The zero-order valence-corrected chi connectivity index (χ0v) is 18.2. The number of sulfonamides is 1. The molecule has 30 heavy (non-hydrogen) atoms. The molecule has 0 aliphatic heterocycles. The SMILES string of the molecule is COc1ccc(C=Nc2ccc(S(=O)(=O)Nc3ccc(C)cc3C)cc2)cc1OC. The highest BCUT2D eigenvalue weighted by atomic mass is 32.2. The fraction of sp³-hybridized carbons (Fsp3) is 0.174. The van der Waals surface area contributed by atoms with E-state index in [0.717, 1.165) is 16.7 Å². The molecule has 0 aromatic heterocycles. The number of hydrogen-bond donors (Lipinski definition) is 1. The third-order valence-electron chi connectivity index (χ3n) is 4.54. The zero-order valence-electron chi connectivity index (χ0n) is 17.3. The summed E-state index contributed by atoms with van der Waals surface area (Å²) >= 11 is 0. The van der Waals surface area contributed by atoms with E-state index in [2.05, 4.69) is 9.71 Å². The van der Waals surface area contributed by atoms with E-state index >= 15 is 0 Å². The van der Waals surface area contributed by atoms with E-state index in [1.54, 1.807) is 44.7 Å². The maximum atomic E-state index is 12.7. The fourth-order valence-electron chi connectivity index (χ4n) is 2.93. The van der Waals surface area contributed by atoms with Crippen LogP contribution in [0, 0.1) is 13.8 Å². The van der Waals surface area contributed by atoms with Crippen molar-refractivity contribution in [3.05, 3.63) is 77.4 Å². The van der Waals surface area contributed by atoms with Gasteiger partial charge in [-0.25, -0.2) is 8.42 Å². The summed E-state index contributed by atoms with van der Waals surface area (Å²) in [5.41, 5.74) is 3.98. The Balaban J connectivity index is 1.76. The first-order valence-corrected chi connectivity index (χ1v) is 10.8. The molecule has 0 saturated heterocycles. The van der Waals surface area contributed by atoms with E-state index in [9.17, 15) is 8.42 Å². The number of ether oxygens (including phenoxy) is 2. The van der Waals surface area contributed by atoms with Crippen molar-refractivity contribution in [3.63, 3.8) is 0 Å². The van der Waals surface area contributed by atoms with Crippen LogP contribution in [0.2, 0.25) is 0 Å². The predicted molar refractivity (Wildman–Crippen MR) is 120 cm³/mol. The Morgan fingerprint density at radius 2 is 1.57 bits per heavy atom.